The number of ether oxygens (including phenoxy) is 2. The molecule has 2 N–H and O–H groups in total. The summed E-state index contributed by atoms with van der Waals surface area (Å²) in [6, 6.07) is 2.10. The number of amides is 3. The number of carbonyl (C=O) groups excluding carboxylic acids is 5. The Morgan fingerprint density at radius 1 is 1.14 bits per heavy atom. The number of aromatic nitrogens is 1. The molecule has 0 radical (unpaired) electrons. The summed E-state index contributed by atoms with van der Waals surface area (Å²) < 4.78 is 12.2. The van der Waals surface area contributed by atoms with Crippen LogP contribution in [0.4, 0.5) is 0 Å². The lowest BCUT2D eigenvalue weighted by atomic mass is 9.79. The van der Waals surface area contributed by atoms with Gasteiger partial charge in [-0.25, -0.2) is 9.59 Å². The van der Waals surface area contributed by atoms with E-state index in [9.17, 15) is 39.0 Å². The lowest BCUT2D eigenvalue weighted by molar-refractivity contribution is -0.166. The number of pyridine rings is 1. The highest BCUT2D eigenvalue weighted by Gasteiger charge is 2.60. The molecule has 0 bridgehead atoms. The summed E-state index contributed by atoms with van der Waals surface area (Å²) >= 11 is 1.42. The number of aliphatic carboxylic acids is 1. The molecule has 0 aliphatic carbocycles. The van der Waals surface area contributed by atoms with Crippen LogP contribution in [0.2, 0.25) is 0 Å². The van der Waals surface area contributed by atoms with Gasteiger partial charge in [0.05, 0.1) is 30.7 Å². The minimum absolute atomic E-state index is 0.0257. The number of likely N-dealkylation sites (N-methyl/N-ethyl adjacent to an activating group) is 1. The van der Waals surface area contributed by atoms with E-state index in [0.29, 0.717) is 76.1 Å². The summed E-state index contributed by atoms with van der Waals surface area (Å²) in [6.07, 6.45) is 6.38. The summed E-state index contributed by atoms with van der Waals surface area (Å²) in [6.45, 7) is 10.6. The number of ketones is 1. The Bertz CT molecular complexity index is 1720. The molecule has 0 saturated carbocycles. The fourth-order valence-corrected chi connectivity index (χ4v) is 10.0. The Morgan fingerprint density at radius 2 is 1.88 bits per heavy atom. The van der Waals surface area contributed by atoms with E-state index in [4.69, 9.17) is 9.47 Å². The monoisotopic (exact) mass is 827 g/mol. The topological polar surface area (TPSA) is 187 Å². The average molecular weight is 828 g/mol. The van der Waals surface area contributed by atoms with Crippen LogP contribution in [0.1, 0.15) is 85.1 Å². The second-order valence-electron chi connectivity index (χ2n) is 17.0. The SMILES string of the molecule is CCC(C)(C)C(=O)C(=O)N1CCCCC1C(=O)O[C@H](CCc1cccnc1)COCCCN1C[C@@H](SC2=C(C(=O)O)N3C(=O)[C@H]([C@@H](C)O)[C@H]3[C@H]2C)C[C@H]1C(=O)N(C)C. The van der Waals surface area contributed by atoms with Crippen LogP contribution in [0.3, 0.4) is 0 Å². The molecule has 4 aliphatic heterocycles. The van der Waals surface area contributed by atoms with Gasteiger partial charge in [-0.15, -0.1) is 11.8 Å². The first-order valence-electron chi connectivity index (χ1n) is 20.6. The number of thioether (sulfide) groups is 1. The Hall–Kier alpha value is -3.86. The van der Waals surface area contributed by atoms with Gasteiger partial charge < -0.3 is 34.4 Å². The van der Waals surface area contributed by atoms with Crippen LogP contribution >= 0.6 is 11.8 Å². The van der Waals surface area contributed by atoms with E-state index in [0.717, 1.165) is 12.0 Å². The number of fused-ring (bicyclic) bond motifs is 1. The molecule has 0 spiro atoms. The van der Waals surface area contributed by atoms with Crippen molar-refractivity contribution >= 4 is 47.2 Å². The molecule has 58 heavy (non-hydrogen) atoms. The predicted molar refractivity (Wildman–Crippen MR) is 216 cm³/mol. The number of β-lactam (4-membered cyclic amide) rings is 1. The fourth-order valence-electron chi connectivity index (χ4n) is 8.48. The van der Waals surface area contributed by atoms with Crippen LogP contribution in [0, 0.1) is 17.3 Å². The number of piperidine rings is 1. The van der Waals surface area contributed by atoms with Gasteiger partial charge >= 0.3 is 11.9 Å². The van der Waals surface area contributed by atoms with E-state index in [1.54, 1.807) is 52.2 Å². The zero-order valence-corrected chi connectivity index (χ0v) is 35.7. The van der Waals surface area contributed by atoms with Crippen molar-refractivity contribution in [1.82, 2.24) is 24.6 Å². The molecular formula is C42H61N5O10S. The van der Waals surface area contributed by atoms with Gasteiger partial charge in [-0.1, -0.05) is 33.8 Å². The highest BCUT2D eigenvalue weighted by atomic mass is 32.2. The Labute approximate surface area is 345 Å². The van der Waals surface area contributed by atoms with Crippen molar-refractivity contribution in [3.8, 4) is 0 Å². The van der Waals surface area contributed by atoms with Gasteiger partial charge in [0.1, 0.15) is 17.8 Å². The molecule has 1 unspecified atom stereocenters. The highest BCUT2D eigenvalue weighted by Crippen LogP contribution is 2.52. The van der Waals surface area contributed by atoms with Crippen molar-refractivity contribution in [3.63, 3.8) is 0 Å². The fraction of sp³-hybridized carbons (Fsp3) is 0.690. The van der Waals surface area contributed by atoms with Crippen molar-refractivity contribution in [2.45, 2.75) is 122 Å². The van der Waals surface area contributed by atoms with E-state index in [1.165, 1.54) is 21.6 Å². The summed E-state index contributed by atoms with van der Waals surface area (Å²) in [5.41, 5.74) is 0.111. The number of carbonyl (C=O) groups is 6. The van der Waals surface area contributed by atoms with E-state index in [1.807, 2.05) is 26.0 Å². The first kappa shape index (κ1) is 45.2. The maximum Gasteiger partial charge on any atom is 0.353 e. The van der Waals surface area contributed by atoms with Gasteiger partial charge in [-0.05, 0) is 69.9 Å². The lowest BCUT2D eigenvalue weighted by Crippen LogP contribution is -2.63. The molecule has 0 aromatic carbocycles. The molecule has 16 heteroatoms. The van der Waals surface area contributed by atoms with Crippen LogP contribution in [0.5, 0.6) is 0 Å². The number of likely N-dealkylation sites (tertiary alicyclic amines) is 2. The lowest BCUT2D eigenvalue weighted by Gasteiger charge is -2.46. The minimum atomic E-state index is -1.18. The third-order valence-electron chi connectivity index (χ3n) is 12.2. The molecule has 1 aromatic heterocycles. The van der Waals surface area contributed by atoms with Crippen LogP contribution < -0.4 is 0 Å². The van der Waals surface area contributed by atoms with E-state index in [2.05, 4.69) is 9.88 Å². The largest absolute Gasteiger partial charge is 0.477 e. The number of rotatable bonds is 19. The van der Waals surface area contributed by atoms with Crippen molar-refractivity contribution < 1.29 is 48.5 Å². The zero-order chi connectivity index (χ0) is 42.5. The molecule has 15 nitrogen and oxygen atoms in total. The van der Waals surface area contributed by atoms with E-state index in [-0.39, 0.29) is 35.3 Å². The molecule has 3 fully saturated rings. The smallest absolute Gasteiger partial charge is 0.353 e. The maximum absolute atomic E-state index is 13.7. The van der Waals surface area contributed by atoms with E-state index >= 15 is 0 Å². The van der Waals surface area contributed by atoms with Gasteiger partial charge in [-0.2, -0.15) is 0 Å². The molecule has 3 amide bonds. The van der Waals surface area contributed by atoms with Crippen molar-refractivity contribution in [3.05, 3.63) is 40.7 Å². The van der Waals surface area contributed by atoms with Crippen LogP contribution in [0.25, 0.3) is 0 Å². The van der Waals surface area contributed by atoms with Gasteiger partial charge in [0.2, 0.25) is 17.6 Å². The van der Waals surface area contributed by atoms with Crippen molar-refractivity contribution in [2.75, 3.05) is 46.9 Å². The summed E-state index contributed by atoms with van der Waals surface area (Å²) in [7, 11) is 3.42. The first-order chi connectivity index (χ1) is 27.5. The predicted octanol–water partition coefficient (Wildman–Crippen LogP) is 3.14. The second-order valence-corrected chi connectivity index (χ2v) is 18.3. The summed E-state index contributed by atoms with van der Waals surface area (Å²) in [4.78, 5) is 90.0. The number of nitrogens with zero attached hydrogens (tertiary/aromatic N) is 5. The number of aryl methyl sites for hydroxylation is 1. The van der Waals surface area contributed by atoms with Gasteiger partial charge in [0, 0.05) is 74.2 Å². The average Bonchev–Trinajstić information content (AvgIpc) is 3.71. The third-order valence-corrected chi connectivity index (χ3v) is 13.7. The van der Waals surface area contributed by atoms with E-state index < -0.39 is 65.3 Å². The normalized spacial score (nSPS) is 25.9. The van der Waals surface area contributed by atoms with Crippen LogP contribution in [-0.4, -0.2) is 153 Å². The maximum atomic E-state index is 13.7. The quantitative estimate of drug-likeness (QED) is 0.0898. The number of carboxylic acids is 1. The first-order valence-corrected chi connectivity index (χ1v) is 21.5. The molecule has 1 aromatic rings. The van der Waals surface area contributed by atoms with Gasteiger partial charge in [0.25, 0.3) is 5.91 Å². The number of aliphatic hydroxyl groups is 1. The van der Waals surface area contributed by atoms with Crippen LogP contribution in [-0.2, 0) is 44.7 Å². The standard InChI is InChI=1S/C42H61N5O10S/c1-8-42(4,5)36(49)39(52)46-19-10-9-14-30(46)41(55)57-28(16-15-27-13-11-17-43-22-27)24-56-20-12-18-45-23-29(21-31(45)37(50)44(6)7)58-35-25(2)33-32(26(3)48)38(51)47(33)34(35)40(53)54/h11,13,17,22,25-26,28-33,48H,8-10,12,14-16,18-21,23-24H2,1-7H3,(H,53,54)/t25-,26-,28-,29+,30?,31+,32-,33-/m1/s1. The minimum Gasteiger partial charge on any atom is -0.477 e. The Kier molecular flexibility index (Phi) is 15.2. The molecule has 5 heterocycles. The molecule has 8 atom stereocenters. The molecule has 4 aliphatic rings. The van der Waals surface area contributed by atoms with Crippen molar-refractivity contribution in [1.29, 1.82) is 0 Å². The zero-order valence-electron chi connectivity index (χ0n) is 34.9. The Morgan fingerprint density at radius 3 is 2.52 bits per heavy atom. The summed E-state index contributed by atoms with van der Waals surface area (Å²) in [5, 5.41) is 20.3. The third kappa shape index (κ3) is 9.94. The van der Waals surface area contributed by atoms with Gasteiger partial charge in [0.15, 0.2) is 0 Å². The molecule has 5 rings (SSSR count). The number of aliphatic hydroxyl groups excluding tert-OH is 1. The van der Waals surface area contributed by atoms with Crippen LogP contribution in [0.15, 0.2) is 35.1 Å². The number of esters is 1. The number of hydrogen-bond donors (Lipinski definition) is 2. The van der Waals surface area contributed by atoms with Crippen molar-refractivity contribution in [2.24, 2.45) is 17.3 Å². The molecule has 3 saturated heterocycles. The number of carboxylic acid groups (broad SMARTS) is 1. The number of Topliss-reactive ketones (excluding diaryl/α,β-unsaturated/α-hetero) is 1. The summed E-state index contributed by atoms with van der Waals surface area (Å²) in [5.74, 6) is -4.23. The van der Waals surface area contributed by atoms with Gasteiger partial charge in [-0.3, -0.25) is 29.1 Å². The highest BCUT2D eigenvalue weighted by molar-refractivity contribution is 8.03. The molecule has 320 valence electrons. The second kappa shape index (κ2) is 19.5. The molecular weight excluding hydrogens is 767 g/mol. The Balaban J connectivity index is 1.20. The number of hydrogen-bond acceptors (Lipinski definition) is 12.